The van der Waals surface area contributed by atoms with Gasteiger partial charge in [-0.25, -0.2) is 15.0 Å². The molecule has 0 aromatic carbocycles. The molecule has 92 valence electrons. The highest BCUT2D eigenvalue weighted by atomic mass is 15.2. The first-order chi connectivity index (χ1) is 8.92. The number of aromatic amines is 1. The third-order valence-electron chi connectivity index (χ3n) is 4.12. The van der Waals surface area contributed by atoms with Gasteiger partial charge in [-0.05, 0) is 24.7 Å². The zero-order valence-electron chi connectivity index (χ0n) is 10.1. The summed E-state index contributed by atoms with van der Waals surface area (Å²) in [5.41, 5.74) is 1.72. The minimum absolute atomic E-state index is 0.757. The minimum atomic E-state index is 0.757. The van der Waals surface area contributed by atoms with Gasteiger partial charge in [0.2, 0.25) is 0 Å². The van der Waals surface area contributed by atoms with Gasteiger partial charge < -0.3 is 9.88 Å². The molecule has 2 aliphatic rings. The maximum absolute atomic E-state index is 4.44. The molecule has 18 heavy (non-hydrogen) atoms. The van der Waals surface area contributed by atoms with Crippen LogP contribution in [0.15, 0.2) is 24.8 Å². The number of anilines is 1. The zero-order chi connectivity index (χ0) is 11.9. The van der Waals surface area contributed by atoms with Crippen molar-refractivity contribution < 1.29 is 0 Å². The van der Waals surface area contributed by atoms with E-state index in [-0.39, 0.29) is 0 Å². The first kappa shape index (κ1) is 10.1. The Balaban J connectivity index is 1.70. The van der Waals surface area contributed by atoms with Crippen LogP contribution in [0.3, 0.4) is 0 Å². The van der Waals surface area contributed by atoms with Crippen LogP contribution in [-0.2, 0) is 0 Å². The Labute approximate surface area is 105 Å². The van der Waals surface area contributed by atoms with Crippen molar-refractivity contribution in [1.82, 2.24) is 19.9 Å². The molecule has 1 aliphatic heterocycles. The lowest BCUT2D eigenvalue weighted by Crippen LogP contribution is -2.21. The second-order valence-corrected chi connectivity index (χ2v) is 5.17. The molecule has 0 saturated carbocycles. The van der Waals surface area contributed by atoms with E-state index in [0.717, 1.165) is 41.9 Å². The molecular weight excluding hydrogens is 226 g/mol. The average Bonchev–Trinajstić information content (AvgIpc) is 3.04. The Morgan fingerprint density at radius 1 is 1.06 bits per heavy atom. The molecule has 0 amide bonds. The molecule has 0 spiro atoms. The van der Waals surface area contributed by atoms with Gasteiger partial charge in [-0.2, -0.15) is 0 Å². The van der Waals surface area contributed by atoms with Crippen molar-refractivity contribution in [3.63, 3.8) is 0 Å². The molecule has 0 bridgehead atoms. The van der Waals surface area contributed by atoms with E-state index in [0.29, 0.717) is 0 Å². The third-order valence-corrected chi connectivity index (χ3v) is 4.12. The molecule has 2 atom stereocenters. The molecule has 2 aromatic heterocycles. The Morgan fingerprint density at radius 2 is 1.83 bits per heavy atom. The number of aromatic nitrogens is 4. The second-order valence-electron chi connectivity index (χ2n) is 5.17. The summed E-state index contributed by atoms with van der Waals surface area (Å²) in [7, 11) is 0. The molecule has 3 heterocycles. The van der Waals surface area contributed by atoms with Gasteiger partial charge in [0.25, 0.3) is 0 Å². The van der Waals surface area contributed by atoms with Gasteiger partial charge in [0, 0.05) is 13.1 Å². The molecule has 0 radical (unpaired) electrons. The fraction of sp³-hybridized carbons (Fsp3) is 0.462. The van der Waals surface area contributed by atoms with E-state index in [9.17, 15) is 0 Å². The van der Waals surface area contributed by atoms with Crippen LogP contribution in [0.25, 0.3) is 11.2 Å². The van der Waals surface area contributed by atoms with Gasteiger partial charge in [-0.3, -0.25) is 0 Å². The van der Waals surface area contributed by atoms with Crippen LogP contribution in [0.2, 0.25) is 0 Å². The number of rotatable bonds is 1. The molecule has 4 rings (SSSR count). The number of H-pyrrole nitrogens is 1. The highest BCUT2D eigenvalue weighted by Gasteiger charge is 2.34. The van der Waals surface area contributed by atoms with E-state index in [1.54, 1.807) is 12.7 Å². The van der Waals surface area contributed by atoms with Gasteiger partial charge in [0.05, 0.1) is 6.33 Å². The summed E-state index contributed by atoms with van der Waals surface area (Å²) >= 11 is 0. The fourth-order valence-electron chi connectivity index (χ4n) is 3.18. The lowest BCUT2D eigenvalue weighted by molar-refractivity contribution is 0.411. The third kappa shape index (κ3) is 1.43. The number of allylic oxidation sites excluding steroid dienone is 2. The minimum Gasteiger partial charge on any atom is -0.354 e. The normalized spacial score (nSPS) is 26.8. The van der Waals surface area contributed by atoms with Crippen molar-refractivity contribution in [3.05, 3.63) is 24.8 Å². The Morgan fingerprint density at radius 3 is 2.61 bits per heavy atom. The highest BCUT2D eigenvalue weighted by molar-refractivity contribution is 5.82. The van der Waals surface area contributed by atoms with E-state index < -0.39 is 0 Å². The Bertz CT molecular complexity index is 586. The highest BCUT2D eigenvalue weighted by Crippen LogP contribution is 2.35. The molecule has 0 unspecified atom stereocenters. The van der Waals surface area contributed by atoms with Crippen LogP contribution >= 0.6 is 0 Å². The van der Waals surface area contributed by atoms with Crippen molar-refractivity contribution in [2.45, 2.75) is 12.8 Å². The molecule has 1 saturated heterocycles. The molecule has 2 aromatic rings. The molecule has 5 heteroatoms. The van der Waals surface area contributed by atoms with Crippen molar-refractivity contribution in [3.8, 4) is 0 Å². The first-order valence-corrected chi connectivity index (χ1v) is 6.46. The van der Waals surface area contributed by atoms with Crippen molar-refractivity contribution >= 4 is 17.0 Å². The predicted octanol–water partition coefficient (Wildman–Crippen LogP) is 1.76. The molecule has 1 aliphatic carbocycles. The average molecular weight is 241 g/mol. The number of hydrogen-bond donors (Lipinski definition) is 1. The lowest BCUT2D eigenvalue weighted by Gasteiger charge is -2.17. The summed E-state index contributed by atoms with van der Waals surface area (Å²) < 4.78 is 0. The number of fused-ring (bicyclic) bond motifs is 2. The zero-order valence-corrected chi connectivity index (χ0v) is 10.1. The number of imidazole rings is 1. The number of hydrogen-bond acceptors (Lipinski definition) is 4. The predicted molar refractivity (Wildman–Crippen MR) is 69.3 cm³/mol. The van der Waals surface area contributed by atoms with Gasteiger partial charge >= 0.3 is 0 Å². The van der Waals surface area contributed by atoms with Crippen molar-refractivity contribution in [1.29, 1.82) is 0 Å². The first-order valence-electron chi connectivity index (χ1n) is 6.46. The Kier molecular flexibility index (Phi) is 2.12. The summed E-state index contributed by atoms with van der Waals surface area (Å²) in [4.78, 5) is 18.3. The van der Waals surface area contributed by atoms with Crippen LogP contribution in [0.1, 0.15) is 12.8 Å². The number of nitrogens with one attached hydrogen (secondary N) is 1. The van der Waals surface area contributed by atoms with Gasteiger partial charge in [0.15, 0.2) is 11.5 Å². The standard InChI is InChI=1S/C13H15N5/c1-2-4-10-6-18(5-9(10)3-1)13-11-12(15-7-14-11)16-8-17-13/h1-2,7-10H,3-6H2,(H,14,15,16,17)/t9-,10-/m0/s1. The van der Waals surface area contributed by atoms with Crippen LogP contribution in [0.4, 0.5) is 5.82 Å². The molecule has 5 nitrogen and oxygen atoms in total. The van der Waals surface area contributed by atoms with E-state index in [1.165, 1.54) is 12.8 Å². The smallest absolute Gasteiger partial charge is 0.182 e. The van der Waals surface area contributed by atoms with E-state index in [4.69, 9.17) is 0 Å². The summed E-state index contributed by atoms with van der Waals surface area (Å²) in [5, 5.41) is 0. The van der Waals surface area contributed by atoms with Gasteiger partial charge in [-0.1, -0.05) is 12.2 Å². The van der Waals surface area contributed by atoms with E-state index >= 15 is 0 Å². The fourth-order valence-corrected chi connectivity index (χ4v) is 3.18. The van der Waals surface area contributed by atoms with Crippen molar-refractivity contribution in [2.75, 3.05) is 18.0 Å². The quantitative estimate of drug-likeness (QED) is 0.773. The molecular formula is C13H15N5. The summed E-state index contributed by atoms with van der Waals surface area (Å²) in [6, 6.07) is 0. The maximum atomic E-state index is 4.44. The van der Waals surface area contributed by atoms with Crippen LogP contribution in [0.5, 0.6) is 0 Å². The Hall–Kier alpha value is -1.91. The second kappa shape index (κ2) is 3.80. The lowest BCUT2D eigenvalue weighted by atomic mass is 9.86. The molecule has 1 N–H and O–H groups in total. The maximum Gasteiger partial charge on any atom is 0.182 e. The summed E-state index contributed by atoms with van der Waals surface area (Å²) in [6.07, 6.45) is 10.3. The monoisotopic (exact) mass is 241 g/mol. The largest absolute Gasteiger partial charge is 0.354 e. The van der Waals surface area contributed by atoms with E-state index in [2.05, 4.69) is 37.0 Å². The van der Waals surface area contributed by atoms with Crippen LogP contribution < -0.4 is 4.90 Å². The van der Waals surface area contributed by atoms with Crippen LogP contribution in [0, 0.1) is 11.8 Å². The van der Waals surface area contributed by atoms with Crippen LogP contribution in [-0.4, -0.2) is 33.0 Å². The summed E-state index contributed by atoms with van der Waals surface area (Å²) in [5.74, 6) is 2.57. The van der Waals surface area contributed by atoms with Crippen molar-refractivity contribution in [2.24, 2.45) is 11.8 Å². The number of nitrogens with zero attached hydrogens (tertiary/aromatic N) is 4. The topological polar surface area (TPSA) is 57.7 Å². The summed E-state index contributed by atoms with van der Waals surface area (Å²) in [6.45, 7) is 2.19. The molecule has 1 fully saturated rings. The van der Waals surface area contributed by atoms with Gasteiger partial charge in [0.1, 0.15) is 11.8 Å². The SMILES string of the molecule is C1=CC[C@H]2CN(c3ncnc4nc[nH]c34)C[C@@H]2C1. The van der Waals surface area contributed by atoms with E-state index in [1.807, 2.05) is 0 Å². The van der Waals surface area contributed by atoms with Gasteiger partial charge in [-0.15, -0.1) is 0 Å².